The molecule has 2 fully saturated rings. The lowest BCUT2D eigenvalue weighted by Gasteiger charge is -2.33. The Bertz CT molecular complexity index is 1200. The molecule has 0 unspecified atom stereocenters. The third-order valence-corrected chi connectivity index (χ3v) is 6.32. The molecule has 0 aliphatic carbocycles. The van der Waals surface area contributed by atoms with Crippen LogP contribution in [0.4, 0.5) is 11.4 Å². The predicted octanol–water partition coefficient (Wildman–Crippen LogP) is 4.23. The Balaban J connectivity index is 1.60. The van der Waals surface area contributed by atoms with Crippen LogP contribution < -0.4 is 14.7 Å². The van der Waals surface area contributed by atoms with Gasteiger partial charge in [-0.1, -0.05) is 36.4 Å². The number of fused-ring (bicyclic) bond motifs is 1. The molecule has 2 heterocycles. The molecule has 7 nitrogen and oxygen atoms in total. The third kappa shape index (κ3) is 3.15. The van der Waals surface area contributed by atoms with Crippen LogP contribution >= 0.6 is 0 Å². The van der Waals surface area contributed by atoms with Crippen LogP contribution in [-0.4, -0.2) is 29.6 Å². The van der Waals surface area contributed by atoms with Crippen LogP contribution in [0.3, 0.4) is 0 Å². The minimum atomic E-state index is -1.26. The van der Waals surface area contributed by atoms with Crippen molar-refractivity contribution in [3.63, 3.8) is 0 Å². The molecular formula is C26H24N2O5. The number of para-hydroxylation sites is 2. The van der Waals surface area contributed by atoms with E-state index in [1.54, 1.807) is 60.5 Å². The molecule has 2 amide bonds. The van der Waals surface area contributed by atoms with Gasteiger partial charge in [-0.15, -0.1) is 0 Å². The van der Waals surface area contributed by atoms with Gasteiger partial charge in [0.2, 0.25) is 5.91 Å². The number of ether oxygens (including phenoxy) is 1. The fourth-order valence-electron chi connectivity index (χ4n) is 4.72. The van der Waals surface area contributed by atoms with E-state index in [0.29, 0.717) is 29.3 Å². The summed E-state index contributed by atoms with van der Waals surface area (Å²) in [6, 6.07) is 22.2. The van der Waals surface area contributed by atoms with Gasteiger partial charge < -0.3 is 9.84 Å². The minimum absolute atomic E-state index is 0.0358. The van der Waals surface area contributed by atoms with Gasteiger partial charge in [0.1, 0.15) is 23.0 Å². The number of rotatable bonds is 5. The lowest BCUT2D eigenvalue weighted by Crippen LogP contribution is -2.41. The Labute approximate surface area is 191 Å². The second-order valence-corrected chi connectivity index (χ2v) is 8.30. The maximum Gasteiger partial charge on any atom is 0.266 e. The van der Waals surface area contributed by atoms with Gasteiger partial charge in [0, 0.05) is 5.56 Å². The van der Waals surface area contributed by atoms with E-state index in [-0.39, 0.29) is 11.7 Å². The van der Waals surface area contributed by atoms with E-state index in [0.717, 1.165) is 0 Å². The van der Waals surface area contributed by atoms with E-state index in [2.05, 4.69) is 0 Å². The topological polar surface area (TPSA) is 79.3 Å². The summed E-state index contributed by atoms with van der Waals surface area (Å²) >= 11 is 0. The van der Waals surface area contributed by atoms with E-state index in [9.17, 15) is 14.7 Å². The van der Waals surface area contributed by atoms with Crippen LogP contribution in [0.5, 0.6) is 11.5 Å². The largest absolute Gasteiger partial charge is 0.508 e. The van der Waals surface area contributed by atoms with E-state index >= 15 is 0 Å². The van der Waals surface area contributed by atoms with Crippen molar-refractivity contribution in [3.8, 4) is 11.5 Å². The molecule has 168 valence electrons. The standard InChI is InChI=1S/C26H24N2O5/c1-3-32-19-15-13-17(14-16-19)27-24(30)23-26(2,25(27)31)22(20-11-7-8-12-21(20)29)28(33-23)18-9-5-4-6-10-18/h4-16,22-23,29H,3H2,1-2H3/t22-,23+,26-/m1/s1. The number of nitrogens with zero attached hydrogens (tertiary/aromatic N) is 2. The lowest BCUT2D eigenvalue weighted by molar-refractivity contribution is -0.128. The molecule has 3 aromatic rings. The number of carbonyl (C=O) groups excluding carboxylic acids is 2. The van der Waals surface area contributed by atoms with E-state index in [1.807, 2.05) is 37.3 Å². The zero-order valence-corrected chi connectivity index (χ0v) is 18.3. The molecule has 1 N–H and O–H groups in total. The number of phenolic OH excluding ortho intramolecular Hbond substituents is 1. The molecule has 0 spiro atoms. The summed E-state index contributed by atoms with van der Waals surface area (Å²) in [5.74, 6) is -0.127. The van der Waals surface area contributed by atoms with Crippen LogP contribution in [0.2, 0.25) is 0 Å². The molecule has 0 bridgehead atoms. The Morgan fingerprint density at radius 1 is 0.939 bits per heavy atom. The first-order valence-corrected chi connectivity index (χ1v) is 10.9. The van der Waals surface area contributed by atoms with Crippen molar-refractivity contribution in [3.05, 3.63) is 84.4 Å². The summed E-state index contributed by atoms with van der Waals surface area (Å²) in [6.45, 7) is 4.14. The first kappa shape index (κ1) is 21.0. The normalized spacial score (nSPS) is 24.3. The monoisotopic (exact) mass is 444 g/mol. The third-order valence-electron chi connectivity index (χ3n) is 6.32. The summed E-state index contributed by atoms with van der Waals surface area (Å²) in [5.41, 5.74) is 0.398. The second-order valence-electron chi connectivity index (χ2n) is 8.30. The number of benzene rings is 3. The summed E-state index contributed by atoms with van der Waals surface area (Å²) in [4.78, 5) is 34.8. The molecule has 5 rings (SSSR count). The maximum absolute atomic E-state index is 13.9. The van der Waals surface area contributed by atoms with Crippen LogP contribution in [0.1, 0.15) is 25.5 Å². The highest BCUT2D eigenvalue weighted by Crippen LogP contribution is 2.56. The van der Waals surface area contributed by atoms with Gasteiger partial charge in [-0.05, 0) is 56.3 Å². The molecule has 0 radical (unpaired) electrons. The maximum atomic E-state index is 13.9. The van der Waals surface area contributed by atoms with Gasteiger partial charge in [0.05, 0.1) is 18.0 Å². The summed E-state index contributed by atoms with van der Waals surface area (Å²) < 4.78 is 5.48. The second kappa shape index (κ2) is 7.94. The Kier molecular flexibility index (Phi) is 5.06. The fraction of sp³-hybridized carbons (Fsp3) is 0.231. The highest BCUT2D eigenvalue weighted by atomic mass is 16.7. The zero-order chi connectivity index (χ0) is 23.2. The molecule has 2 aliphatic heterocycles. The van der Waals surface area contributed by atoms with Gasteiger partial charge in [-0.25, -0.2) is 9.96 Å². The van der Waals surface area contributed by atoms with Crippen molar-refractivity contribution < 1.29 is 24.3 Å². The molecule has 7 heteroatoms. The average molecular weight is 444 g/mol. The van der Waals surface area contributed by atoms with Crippen molar-refractivity contribution in [1.29, 1.82) is 0 Å². The SMILES string of the molecule is CCOc1ccc(N2C(=O)[C@@H]3ON(c4ccccc4)[C@H](c4ccccc4O)[C@@]3(C)C2=O)cc1. The van der Waals surface area contributed by atoms with Gasteiger partial charge in [-0.3, -0.25) is 14.4 Å². The summed E-state index contributed by atoms with van der Waals surface area (Å²) in [5, 5.41) is 12.3. The van der Waals surface area contributed by atoms with Crippen molar-refractivity contribution >= 4 is 23.2 Å². The van der Waals surface area contributed by atoms with Gasteiger partial charge >= 0.3 is 0 Å². The molecule has 2 saturated heterocycles. The number of phenols is 1. The Morgan fingerprint density at radius 2 is 1.61 bits per heavy atom. The molecule has 2 aliphatic rings. The molecular weight excluding hydrogens is 420 g/mol. The van der Waals surface area contributed by atoms with Gasteiger partial charge in [0.25, 0.3) is 5.91 Å². The Morgan fingerprint density at radius 3 is 2.27 bits per heavy atom. The predicted molar refractivity (Wildman–Crippen MR) is 123 cm³/mol. The quantitative estimate of drug-likeness (QED) is 0.594. The molecule has 3 atom stereocenters. The number of anilines is 2. The Hall–Kier alpha value is -3.84. The molecule has 0 aromatic heterocycles. The number of carbonyl (C=O) groups is 2. The van der Waals surface area contributed by atoms with Crippen LogP contribution in [0.15, 0.2) is 78.9 Å². The highest BCUT2D eigenvalue weighted by Gasteiger charge is 2.69. The van der Waals surface area contributed by atoms with E-state index < -0.39 is 23.5 Å². The molecule has 0 saturated carbocycles. The first-order chi connectivity index (χ1) is 16.0. The van der Waals surface area contributed by atoms with Gasteiger partial charge in [0.15, 0.2) is 6.10 Å². The number of hydrogen-bond donors (Lipinski definition) is 1. The minimum Gasteiger partial charge on any atom is -0.508 e. The van der Waals surface area contributed by atoms with Crippen LogP contribution in [-0.2, 0) is 14.4 Å². The number of aromatic hydroxyl groups is 1. The van der Waals surface area contributed by atoms with E-state index in [1.165, 1.54) is 4.90 Å². The van der Waals surface area contributed by atoms with Crippen LogP contribution in [0, 0.1) is 5.41 Å². The number of hydrogen-bond acceptors (Lipinski definition) is 6. The van der Waals surface area contributed by atoms with E-state index in [4.69, 9.17) is 9.57 Å². The van der Waals surface area contributed by atoms with Crippen molar-refractivity contribution in [2.75, 3.05) is 16.6 Å². The number of amides is 2. The first-order valence-electron chi connectivity index (χ1n) is 10.9. The molecule has 33 heavy (non-hydrogen) atoms. The number of imide groups is 1. The van der Waals surface area contributed by atoms with Crippen LogP contribution in [0.25, 0.3) is 0 Å². The average Bonchev–Trinajstić information content (AvgIpc) is 3.24. The fourth-order valence-corrected chi connectivity index (χ4v) is 4.72. The molecule has 3 aromatic carbocycles. The van der Waals surface area contributed by atoms with Crippen molar-refractivity contribution in [1.82, 2.24) is 0 Å². The van der Waals surface area contributed by atoms with Gasteiger partial charge in [-0.2, -0.15) is 0 Å². The van der Waals surface area contributed by atoms with Crippen molar-refractivity contribution in [2.45, 2.75) is 26.0 Å². The lowest BCUT2D eigenvalue weighted by atomic mass is 9.76. The zero-order valence-electron chi connectivity index (χ0n) is 18.3. The smallest absolute Gasteiger partial charge is 0.266 e. The highest BCUT2D eigenvalue weighted by molar-refractivity contribution is 6.25. The van der Waals surface area contributed by atoms with Crippen molar-refractivity contribution in [2.24, 2.45) is 5.41 Å². The summed E-state index contributed by atoms with van der Waals surface area (Å²) in [6.07, 6.45) is -1.04. The number of hydroxylamine groups is 1. The summed E-state index contributed by atoms with van der Waals surface area (Å²) in [7, 11) is 0.